The molecule has 2 aliphatic heterocycles. The van der Waals surface area contributed by atoms with Crippen molar-refractivity contribution in [3.8, 4) is 10.4 Å². The smallest absolute Gasteiger partial charge is 0.277 e. The molecule has 3 heterocycles. The van der Waals surface area contributed by atoms with Gasteiger partial charge in [0.25, 0.3) is 5.91 Å². The van der Waals surface area contributed by atoms with Gasteiger partial charge in [0.2, 0.25) is 0 Å². The summed E-state index contributed by atoms with van der Waals surface area (Å²) >= 11 is 7.22. The summed E-state index contributed by atoms with van der Waals surface area (Å²) < 4.78 is 15.4. The maximum Gasteiger partial charge on any atom is 0.329 e. The number of carbonyl (C=O) groups excluding carboxylic acids is 2. The monoisotopic (exact) mass is 425 g/mol. The predicted molar refractivity (Wildman–Crippen MR) is 112 cm³/mol. The number of benzene rings is 2. The molecule has 0 aliphatic carbocycles. The highest BCUT2D eigenvalue weighted by Gasteiger charge is 2.41. The fraction of sp³-hybridized carbons (Fsp3) is 0.0952. The molecule has 2 aromatic carbocycles. The van der Waals surface area contributed by atoms with Gasteiger partial charge >= 0.3 is 6.03 Å². The summed E-state index contributed by atoms with van der Waals surface area (Å²) in [4.78, 5) is 31.4. The number of halogens is 2. The molecule has 1 unspecified atom stereocenters. The average Bonchev–Trinajstić information content (AvgIpc) is 3.39. The van der Waals surface area contributed by atoms with Crippen LogP contribution in [0.15, 0.2) is 53.5 Å². The van der Waals surface area contributed by atoms with Crippen molar-refractivity contribution in [3.63, 3.8) is 0 Å². The lowest BCUT2D eigenvalue weighted by Gasteiger charge is -2.23. The molecular weight excluding hydrogens is 413 g/mol. The van der Waals surface area contributed by atoms with E-state index in [0.717, 1.165) is 17.7 Å². The maximum atomic E-state index is 14.8. The van der Waals surface area contributed by atoms with Crippen LogP contribution in [0.3, 0.4) is 0 Å². The second-order valence-electron chi connectivity index (χ2n) is 6.74. The molecule has 0 spiro atoms. The second kappa shape index (κ2) is 6.79. The van der Waals surface area contributed by atoms with E-state index in [1.165, 1.54) is 22.3 Å². The number of urea groups is 1. The van der Waals surface area contributed by atoms with Crippen LogP contribution in [0, 0.1) is 5.82 Å². The molecule has 144 valence electrons. The van der Waals surface area contributed by atoms with Gasteiger partial charge in [-0.05, 0) is 41.5 Å². The SMILES string of the molecule is O=C1NC(=O)N(c2ccc3c(c2)N=CC3)C1c1ccc(-c2ccc(Cl)s2)c(F)c1. The number of imide groups is 1. The first-order valence-electron chi connectivity index (χ1n) is 8.86. The van der Waals surface area contributed by atoms with Gasteiger partial charge in [-0.3, -0.25) is 20.0 Å². The van der Waals surface area contributed by atoms with Gasteiger partial charge in [-0.2, -0.15) is 0 Å². The second-order valence-corrected chi connectivity index (χ2v) is 8.45. The first kappa shape index (κ1) is 18.0. The Bertz CT molecular complexity index is 1210. The predicted octanol–water partition coefficient (Wildman–Crippen LogP) is 5.26. The highest BCUT2D eigenvalue weighted by molar-refractivity contribution is 7.19. The standard InChI is InChI=1S/C21H13ClFN3O2S/c22-18-6-5-17(29-18)14-4-2-12(9-15(14)23)19-20(27)25-21(28)26(19)13-3-1-11-7-8-24-16(11)10-13/h1-6,8-10,19H,7H2,(H,25,27,28). The Morgan fingerprint density at radius 3 is 2.76 bits per heavy atom. The van der Waals surface area contributed by atoms with Crippen molar-refractivity contribution < 1.29 is 14.0 Å². The van der Waals surface area contributed by atoms with E-state index < -0.39 is 23.8 Å². The van der Waals surface area contributed by atoms with E-state index in [4.69, 9.17) is 11.6 Å². The molecule has 0 saturated carbocycles. The Morgan fingerprint density at radius 1 is 1.14 bits per heavy atom. The summed E-state index contributed by atoms with van der Waals surface area (Å²) in [6.45, 7) is 0. The number of carbonyl (C=O) groups is 2. The lowest BCUT2D eigenvalue weighted by Crippen LogP contribution is -2.29. The van der Waals surface area contributed by atoms with Crippen LogP contribution in [0.25, 0.3) is 10.4 Å². The number of thiophene rings is 1. The topological polar surface area (TPSA) is 61.8 Å². The molecule has 3 aromatic rings. The molecule has 2 aliphatic rings. The third-order valence-corrected chi connectivity index (χ3v) is 6.26. The van der Waals surface area contributed by atoms with E-state index in [-0.39, 0.29) is 0 Å². The van der Waals surface area contributed by atoms with Crippen molar-refractivity contribution in [2.75, 3.05) is 4.90 Å². The fourth-order valence-electron chi connectivity index (χ4n) is 3.63. The van der Waals surface area contributed by atoms with E-state index in [1.807, 2.05) is 6.07 Å². The van der Waals surface area contributed by atoms with Crippen LogP contribution in [0.2, 0.25) is 4.34 Å². The van der Waals surface area contributed by atoms with Crippen molar-refractivity contribution in [1.82, 2.24) is 5.32 Å². The van der Waals surface area contributed by atoms with Gasteiger partial charge in [0.15, 0.2) is 0 Å². The highest BCUT2D eigenvalue weighted by Crippen LogP contribution is 2.38. The van der Waals surface area contributed by atoms with Gasteiger partial charge in [-0.25, -0.2) is 9.18 Å². The lowest BCUT2D eigenvalue weighted by atomic mass is 10.0. The Labute approximate surface area is 174 Å². The molecule has 3 amide bonds. The molecule has 29 heavy (non-hydrogen) atoms. The minimum absolute atomic E-state index is 0.390. The molecule has 8 heteroatoms. The zero-order valence-corrected chi connectivity index (χ0v) is 16.4. The highest BCUT2D eigenvalue weighted by atomic mass is 35.5. The molecule has 1 fully saturated rings. The zero-order valence-electron chi connectivity index (χ0n) is 14.9. The molecule has 0 radical (unpaired) electrons. The maximum absolute atomic E-state index is 14.8. The number of anilines is 1. The van der Waals surface area contributed by atoms with Crippen LogP contribution in [0.1, 0.15) is 17.2 Å². The van der Waals surface area contributed by atoms with Crippen LogP contribution in [0.5, 0.6) is 0 Å². The van der Waals surface area contributed by atoms with Crippen LogP contribution in [-0.4, -0.2) is 18.2 Å². The Kier molecular flexibility index (Phi) is 4.22. The Hall–Kier alpha value is -3.03. The van der Waals surface area contributed by atoms with Gasteiger partial charge in [-0.1, -0.05) is 29.8 Å². The molecule has 1 aromatic heterocycles. The molecule has 1 N–H and O–H groups in total. The first-order chi connectivity index (χ1) is 14.0. The summed E-state index contributed by atoms with van der Waals surface area (Å²) in [6, 6.07) is 11.9. The molecule has 0 bridgehead atoms. The number of hydrogen-bond donors (Lipinski definition) is 1. The number of hydrogen-bond acceptors (Lipinski definition) is 4. The van der Waals surface area contributed by atoms with Crippen molar-refractivity contribution in [1.29, 1.82) is 0 Å². The largest absolute Gasteiger partial charge is 0.329 e. The summed E-state index contributed by atoms with van der Waals surface area (Å²) in [7, 11) is 0. The van der Waals surface area contributed by atoms with Gasteiger partial charge in [-0.15, -0.1) is 11.3 Å². The summed E-state index contributed by atoms with van der Waals surface area (Å²) in [5.41, 5.74) is 3.14. The zero-order chi connectivity index (χ0) is 20.1. The number of nitrogens with one attached hydrogen (secondary N) is 1. The number of rotatable bonds is 3. The molecule has 5 rings (SSSR count). The van der Waals surface area contributed by atoms with E-state index in [2.05, 4.69) is 10.3 Å². The van der Waals surface area contributed by atoms with Crippen LogP contribution in [0.4, 0.5) is 20.6 Å². The van der Waals surface area contributed by atoms with E-state index in [9.17, 15) is 14.0 Å². The van der Waals surface area contributed by atoms with Gasteiger partial charge in [0.1, 0.15) is 11.9 Å². The van der Waals surface area contributed by atoms with Gasteiger partial charge in [0, 0.05) is 28.8 Å². The quantitative estimate of drug-likeness (QED) is 0.581. The third kappa shape index (κ3) is 3.03. The number of aliphatic imine (C=N–C) groups is 1. The minimum atomic E-state index is -0.957. The van der Waals surface area contributed by atoms with Crippen LogP contribution < -0.4 is 10.2 Å². The van der Waals surface area contributed by atoms with Crippen molar-refractivity contribution in [2.24, 2.45) is 4.99 Å². The van der Waals surface area contributed by atoms with Crippen LogP contribution in [-0.2, 0) is 11.2 Å². The summed E-state index contributed by atoms with van der Waals surface area (Å²) in [5.74, 6) is -0.975. The normalized spacial score (nSPS) is 17.7. The number of fused-ring (bicyclic) bond motifs is 1. The number of amides is 3. The summed E-state index contributed by atoms with van der Waals surface area (Å²) in [5, 5.41) is 2.32. The van der Waals surface area contributed by atoms with E-state index in [1.54, 1.807) is 42.6 Å². The Morgan fingerprint density at radius 2 is 2.00 bits per heavy atom. The van der Waals surface area contributed by atoms with E-state index >= 15 is 0 Å². The number of nitrogens with zero attached hydrogens (tertiary/aromatic N) is 2. The Balaban J connectivity index is 1.55. The molecule has 1 atom stereocenters. The van der Waals surface area contributed by atoms with Crippen molar-refractivity contribution in [3.05, 3.63) is 69.8 Å². The fourth-order valence-corrected chi connectivity index (χ4v) is 4.70. The van der Waals surface area contributed by atoms with Gasteiger partial charge < -0.3 is 0 Å². The third-order valence-electron chi connectivity index (χ3n) is 4.99. The average molecular weight is 426 g/mol. The minimum Gasteiger partial charge on any atom is -0.277 e. The molecular formula is C21H13ClFN3O2S. The van der Waals surface area contributed by atoms with Crippen molar-refractivity contribution >= 4 is 52.5 Å². The lowest BCUT2D eigenvalue weighted by molar-refractivity contribution is -0.119. The molecule has 1 saturated heterocycles. The first-order valence-corrected chi connectivity index (χ1v) is 10.1. The van der Waals surface area contributed by atoms with Crippen LogP contribution >= 0.6 is 22.9 Å². The van der Waals surface area contributed by atoms with E-state index in [0.29, 0.717) is 26.0 Å². The molecule has 5 nitrogen and oxygen atoms in total. The summed E-state index contributed by atoms with van der Waals surface area (Å²) in [6.07, 6.45) is 2.54. The van der Waals surface area contributed by atoms with Crippen molar-refractivity contribution in [2.45, 2.75) is 12.5 Å². The van der Waals surface area contributed by atoms with Gasteiger partial charge in [0.05, 0.1) is 10.0 Å².